The summed E-state index contributed by atoms with van der Waals surface area (Å²) in [5, 5.41) is 2.92. The molecule has 0 bridgehead atoms. The minimum absolute atomic E-state index is 0.0900. The molecule has 4 nitrogen and oxygen atoms in total. The SMILES string of the molecule is CCCC(C)NC(=O)C(C)Oc1ccc(N)cc1. The van der Waals surface area contributed by atoms with Crippen LogP contribution in [0, 0.1) is 0 Å². The molecular formula is C14H22N2O2. The third-order valence-corrected chi connectivity index (χ3v) is 2.67. The molecule has 0 fully saturated rings. The van der Waals surface area contributed by atoms with Gasteiger partial charge in [0.25, 0.3) is 5.91 Å². The van der Waals surface area contributed by atoms with Crippen LogP contribution < -0.4 is 15.8 Å². The zero-order valence-corrected chi connectivity index (χ0v) is 11.3. The van der Waals surface area contributed by atoms with Crippen LogP contribution >= 0.6 is 0 Å². The maximum atomic E-state index is 11.8. The number of anilines is 1. The Morgan fingerprint density at radius 2 is 1.94 bits per heavy atom. The third kappa shape index (κ3) is 4.65. The average molecular weight is 250 g/mol. The fourth-order valence-corrected chi connectivity index (χ4v) is 1.67. The topological polar surface area (TPSA) is 64.3 Å². The highest BCUT2D eigenvalue weighted by atomic mass is 16.5. The number of nitrogens with two attached hydrogens (primary N) is 1. The van der Waals surface area contributed by atoms with E-state index in [1.807, 2.05) is 6.92 Å². The highest BCUT2D eigenvalue weighted by molar-refractivity contribution is 5.80. The molecule has 100 valence electrons. The van der Waals surface area contributed by atoms with Crippen LogP contribution in [-0.2, 0) is 4.79 Å². The Labute approximate surface area is 109 Å². The predicted octanol–water partition coefficient (Wildman–Crippen LogP) is 2.34. The Kier molecular flexibility index (Phi) is 5.49. The van der Waals surface area contributed by atoms with Crippen LogP contribution in [0.1, 0.15) is 33.6 Å². The molecule has 1 amide bonds. The number of benzene rings is 1. The number of nitrogens with one attached hydrogen (secondary N) is 1. The van der Waals surface area contributed by atoms with Crippen molar-refractivity contribution in [2.75, 3.05) is 5.73 Å². The van der Waals surface area contributed by atoms with Crippen LogP contribution in [0.3, 0.4) is 0 Å². The lowest BCUT2D eigenvalue weighted by Crippen LogP contribution is -2.41. The molecule has 1 rings (SSSR count). The minimum atomic E-state index is -0.507. The molecule has 2 atom stereocenters. The quantitative estimate of drug-likeness (QED) is 0.762. The van der Waals surface area contributed by atoms with Crippen molar-refractivity contribution in [3.8, 4) is 5.75 Å². The molecule has 1 aromatic rings. The van der Waals surface area contributed by atoms with Crippen molar-refractivity contribution < 1.29 is 9.53 Å². The number of carbonyl (C=O) groups excluding carboxylic acids is 1. The highest BCUT2D eigenvalue weighted by Crippen LogP contribution is 2.14. The van der Waals surface area contributed by atoms with Crippen molar-refractivity contribution in [2.24, 2.45) is 0 Å². The van der Waals surface area contributed by atoms with Gasteiger partial charge >= 0.3 is 0 Å². The average Bonchev–Trinajstić information content (AvgIpc) is 2.32. The Bertz CT molecular complexity index is 376. The summed E-state index contributed by atoms with van der Waals surface area (Å²) < 4.78 is 5.54. The molecule has 4 heteroatoms. The zero-order valence-electron chi connectivity index (χ0n) is 11.3. The zero-order chi connectivity index (χ0) is 13.5. The van der Waals surface area contributed by atoms with Gasteiger partial charge in [0, 0.05) is 11.7 Å². The predicted molar refractivity (Wildman–Crippen MR) is 73.5 cm³/mol. The normalized spacial score (nSPS) is 13.7. The molecule has 0 aromatic heterocycles. The van der Waals surface area contributed by atoms with Crippen molar-refractivity contribution in [2.45, 2.75) is 45.8 Å². The summed E-state index contributed by atoms with van der Waals surface area (Å²) in [5.74, 6) is 0.558. The molecule has 3 N–H and O–H groups in total. The summed E-state index contributed by atoms with van der Waals surface area (Å²) in [4.78, 5) is 11.8. The first-order valence-electron chi connectivity index (χ1n) is 6.35. The molecule has 0 saturated heterocycles. The van der Waals surface area contributed by atoms with Crippen molar-refractivity contribution >= 4 is 11.6 Å². The largest absolute Gasteiger partial charge is 0.481 e. The van der Waals surface area contributed by atoms with Gasteiger partial charge in [0.2, 0.25) is 0 Å². The second-order valence-electron chi connectivity index (χ2n) is 4.53. The van der Waals surface area contributed by atoms with E-state index in [2.05, 4.69) is 12.2 Å². The number of amides is 1. The monoisotopic (exact) mass is 250 g/mol. The van der Waals surface area contributed by atoms with Crippen molar-refractivity contribution in [3.05, 3.63) is 24.3 Å². The van der Waals surface area contributed by atoms with Gasteiger partial charge in [-0.05, 0) is 44.5 Å². The smallest absolute Gasteiger partial charge is 0.260 e. The number of nitrogen functional groups attached to an aromatic ring is 1. The van der Waals surface area contributed by atoms with Crippen molar-refractivity contribution in [1.82, 2.24) is 5.32 Å². The van der Waals surface area contributed by atoms with Crippen LogP contribution in [0.5, 0.6) is 5.75 Å². The highest BCUT2D eigenvalue weighted by Gasteiger charge is 2.16. The lowest BCUT2D eigenvalue weighted by atomic mass is 10.2. The summed E-state index contributed by atoms with van der Waals surface area (Å²) in [6.07, 6.45) is 1.52. The van der Waals surface area contributed by atoms with Gasteiger partial charge in [-0.25, -0.2) is 0 Å². The number of rotatable bonds is 6. The fourth-order valence-electron chi connectivity index (χ4n) is 1.67. The van der Waals surface area contributed by atoms with Gasteiger partial charge in [-0.2, -0.15) is 0 Å². The number of hydrogen-bond acceptors (Lipinski definition) is 3. The maximum Gasteiger partial charge on any atom is 0.260 e. The third-order valence-electron chi connectivity index (χ3n) is 2.67. The Morgan fingerprint density at radius 1 is 1.33 bits per heavy atom. The first-order chi connectivity index (χ1) is 8.52. The van der Waals surface area contributed by atoms with E-state index in [0.717, 1.165) is 12.8 Å². The van der Waals surface area contributed by atoms with E-state index in [1.165, 1.54) is 0 Å². The van der Waals surface area contributed by atoms with Gasteiger partial charge in [-0.15, -0.1) is 0 Å². The Balaban J connectivity index is 2.46. The first-order valence-corrected chi connectivity index (χ1v) is 6.35. The van der Waals surface area contributed by atoms with Gasteiger partial charge in [-0.1, -0.05) is 13.3 Å². The van der Waals surface area contributed by atoms with E-state index in [0.29, 0.717) is 11.4 Å². The summed E-state index contributed by atoms with van der Waals surface area (Å²) >= 11 is 0. The van der Waals surface area contributed by atoms with E-state index >= 15 is 0 Å². The summed E-state index contributed by atoms with van der Waals surface area (Å²) in [6, 6.07) is 7.20. The molecule has 1 aromatic carbocycles. The minimum Gasteiger partial charge on any atom is -0.481 e. The molecule has 0 aliphatic carbocycles. The molecule has 18 heavy (non-hydrogen) atoms. The van der Waals surface area contributed by atoms with E-state index in [-0.39, 0.29) is 11.9 Å². The number of ether oxygens (including phenoxy) is 1. The fraction of sp³-hybridized carbons (Fsp3) is 0.500. The lowest BCUT2D eigenvalue weighted by Gasteiger charge is -2.18. The van der Waals surface area contributed by atoms with E-state index in [9.17, 15) is 4.79 Å². The van der Waals surface area contributed by atoms with Crippen LogP contribution in [0.25, 0.3) is 0 Å². The summed E-state index contributed by atoms with van der Waals surface area (Å²) in [6.45, 7) is 5.83. The van der Waals surface area contributed by atoms with Gasteiger partial charge < -0.3 is 15.8 Å². The number of hydrogen-bond donors (Lipinski definition) is 2. The maximum absolute atomic E-state index is 11.8. The van der Waals surface area contributed by atoms with E-state index < -0.39 is 6.10 Å². The Morgan fingerprint density at radius 3 is 2.50 bits per heavy atom. The van der Waals surface area contributed by atoms with E-state index in [1.54, 1.807) is 31.2 Å². The van der Waals surface area contributed by atoms with Crippen LogP contribution in [-0.4, -0.2) is 18.1 Å². The van der Waals surface area contributed by atoms with Crippen LogP contribution in [0.4, 0.5) is 5.69 Å². The second kappa shape index (κ2) is 6.89. The molecule has 0 spiro atoms. The summed E-state index contributed by atoms with van der Waals surface area (Å²) in [7, 11) is 0. The first kappa shape index (κ1) is 14.4. The van der Waals surface area contributed by atoms with Gasteiger partial charge in [0.1, 0.15) is 5.75 Å². The van der Waals surface area contributed by atoms with Gasteiger partial charge in [0.05, 0.1) is 0 Å². The molecule has 0 saturated carbocycles. The van der Waals surface area contributed by atoms with Crippen LogP contribution in [0.2, 0.25) is 0 Å². The molecule has 0 aliphatic heterocycles. The molecule has 2 unspecified atom stereocenters. The van der Waals surface area contributed by atoms with Gasteiger partial charge in [0.15, 0.2) is 6.10 Å². The van der Waals surface area contributed by atoms with Crippen molar-refractivity contribution in [1.29, 1.82) is 0 Å². The lowest BCUT2D eigenvalue weighted by molar-refractivity contribution is -0.127. The molecular weight excluding hydrogens is 228 g/mol. The summed E-state index contributed by atoms with van der Waals surface area (Å²) in [5.41, 5.74) is 6.26. The molecule has 0 radical (unpaired) electrons. The standard InChI is InChI=1S/C14H22N2O2/c1-4-5-10(2)16-14(17)11(3)18-13-8-6-12(15)7-9-13/h6-11H,4-5,15H2,1-3H3,(H,16,17). The second-order valence-corrected chi connectivity index (χ2v) is 4.53. The Hall–Kier alpha value is -1.71. The molecule has 0 aliphatic rings. The van der Waals surface area contributed by atoms with Crippen LogP contribution in [0.15, 0.2) is 24.3 Å². The van der Waals surface area contributed by atoms with E-state index in [4.69, 9.17) is 10.5 Å². The van der Waals surface area contributed by atoms with Crippen molar-refractivity contribution in [3.63, 3.8) is 0 Å². The van der Waals surface area contributed by atoms with Gasteiger partial charge in [-0.3, -0.25) is 4.79 Å². The number of carbonyl (C=O) groups is 1. The molecule has 0 heterocycles.